The number of methoxy groups -OCH3 is 1. The predicted molar refractivity (Wildman–Crippen MR) is 102 cm³/mol. The molecule has 6 nitrogen and oxygen atoms in total. The van der Waals surface area contributed by atoms with Crippen molar-refractivity contribution in [2.24, 2.45) is 0 Å². The monoisotopic (exact) mass is 357 g/mol. The molecule has 1 amide bonds. The molecule has 26 heavy (non-hydrogen) atoms. The average Bonchev–Trinajstić information content (AvgIpc) is 2.90. The van der Waals surface area contributed by atoms with Crippen molar-refractivity contribution < 1.29 is 14.3 Å². The van der Waals surface area contributed by atoms with Crippen molar-refractivity contribution in [2.75, 3.05) is 27.7 Å². The van der Waals surface area contributed by atoms with Crippen LogP contribution in [0.3, 0.4) is 0 Å². The maximum atomic E-state index is 12.6. The number of aromatic nitrogens is 1. The quantitative estimate of drug-likeness (QED) is 0.780. The van der Waals surface area contributed by atoms with E-state index in [4.69, 9.17) is 4.74 Å². The molecule has 0 saturated carbocycles. The average molecular weight is 357 g/mol. The zero-order chi connectivity index (χ0) is 19.4. The second-order valence-electron chi connectivity index (χ2n) is 6.72. The van der Waals surface area contributed by atoms with Gasteiger partial charge in [-0.3, -0.25) is 4.79 Å². The van der Waals surface area contributed by atoms with Crippen molar-refractivity contribution in [1.82, 2.24) is 15.2 Å². The number of likely N-dealkylation sites (N-methyl/N-ethyl adjacent to an activating group) is 1. The van der Waals surface area contributed by atoms with Crippen LogP contribution in [0, 0.1) is 20.8 Å². The summed E-state index contributed by atoms with van der Waals surface area (Å²) in [5.41, 5.74) is 4.37. The van der Waals surface area contributed by atoms with Crippen LogP contribution >= 0.6 is 0 Å². The van der Waals surface area contributed by atoms with Crippen molar-refractivity contribution in [1.29, 1.82) is 0 Å². The lowest BCUT2D eigenvalue weighted by Crippen LogP contribution is -2.35. The number of benzene rings is 1. The Labute approximate surface area is 154 Å². The van der Waals surface area contributed by atoms with E-state index in [-0.39, 0.29) is 11.9 Å². The third kappa shape index (κ3) is 4.14. The molecule has 0 saturated heterocycles. The van der Waals surface area contributed by atoms with Gasteiger partial charge in [-0.1, -0.05) is 29.8 Å². The molecule has 6 heteroatoms. The lowest BCUT2D eigenvalue weighted by molar-refractivity contribution is 0.0599. The highest BCUT2D eigenvalue weighted by molar-refractivity contribution is 6.00. The van der Waals surface area contributed by atoms with Gasteiger partial charge in [0, 0.05) is 12.2 Å². The maximum Gasteiger partial charge on any atom is 0.339 e. The Balaban J connectivity index is 2.16. The van der Waals surface area contributed by atoms with Gasteiger partial charge in [-0.05, 0) is 46.0 Å². The van der Waals surface area contributed by atoms with Crippen molar-refractivity contribution in [3.8, 4) is 0 Å². The fourth-order valence-corrected chi connectivity index (χ4v) is 3.05. The fraction of sp³-hybridized carbons (Fsp3) is 0.400. The van der Waals surface area contributed by atoms with Gasteiger partial charge in [0.05, 0.1) is 18.7 Å². The minimum absolute atomic E-state index is 0.0518. The highest BCUT2D eigenvalue weighted by Crippen LogP contribution is 2.20. The summed E-state index contributed by atoms with van der Waals surface area (Å²) in [6.45, 7) is 6.00. The molecule has 0 fully saturated rings. The van der Waals surface area contributed by atoms with Crippen molar-refractivity contribution >= 4 is 11.9 Å². The lowest BCUT2D eigenvalue weighted by atomic mass is 10.0. The highest BCUT2D eigenvalue weighted by atomic mass is 16.5. The first kappa shape index (κ1) is 19.7. The first-order valence-electron chi connectivity index (χ1n) is 8.55. The van der Waals surface area contributed by atoms with Crippen LogP contribution in [0.1, 0.15) is 49.3 Å². The van der Waals surface area contributed by atoms with Gasteiger partial charge >= 0.3 is 5.97 Å². The molecule has 1 aromatic carbocycles. The van der Waals surface area contributed by atoms with E-state index in [1.807, 2.05) is 21.0 Å². The molecule has 1 heterocycles. The number of nitrogens with zero attached hydrogens (tertiary/aromatic N) is 1. The molecule has 0 spiro atoms. The topological polar surface area (TPSA) is 74.4 Å². The Morgan fingerprint density at radius 2 is 1.77 bits per heavy atom. The second kappa shape index (κ2) is 8.19. The Hall–Kier alpha value is -2.60. The molecule has 1 atom stereocenters. The number of H-pyrrole nitrogens is 1. The minimum Gasteiger partial charge on any atom is -0.465 e. The fourth-order valence-electron chi connectivity index (χ4n) is 3.05. The summed E-state index contributed by atoms with van der Waals surface area (Å²) in [5.74, 6) is -0.680. The van der Waals surface area contributed by atoms with E-state index in [0.717, 1.165) is 5.56 Å². The summed E-state index contributed by atoms with van der Waals surface area (Å²) in [7, 11) is 5.30. The summed E-state index contributed by atoms with van der Waals surface area (Å²) in [6.07, 6.45) is 0. The maximum absolute atomic E-state index is 12.6. The van der Waals surface area contributed by atoms with Gasteiger partial charge in [-0.15, -0.1) is 0 Å². The molecule has 1 unspecified atom stereocenters. The molecule has 2 N–H and O–H groups in total. The molecule has 1 aromatic heterocycles. The molecule has 0 aliphatic heterocycles. The molecule has 2 rings (SSSR count). The SMILES string of the molecule is COC(=O)c1c(C)[nH]c(C(=O)NCC(c2ccc(C)cc2)N(C)C)c1C. The smallest absolute Gasteiger partial charge is 0.339 e. The molecule has 0 aliphatic carbocycles. The first-order chi connectivity index (χ1) is 12.3. The number of aromatic amines is 1. The number of carbonyl (C=O) groups is 2. The van der Waals surface area contributed by atoms with Gasteiger partial charge in [0.2, 0.25) is 0 Å². The number of nitrogens with one attached hydrogen (secondary N) is 2. The number of ether oxygens (including phenoxy) is 1. The third-order valence-corrected chi connectivity index (χ3v) is 4.60. The minimum atomic E-state index is -0.443. The van der Waals surface area contributed by atoms with Gasteiger partial charge in [-0.2, -0.15) is 0 Å². The summed E-state index contributed by atoms with van der Waals surface area (Å²) in [4.78, 5) is 29.6. The Morgan fingerprint density at radius 3 is 2.31 bits per heavy atom. The summed E-state index contributed by atoms with van der Waals surface area (Å²) < 4.78 is 4.79. The zero-order valence-corrected chi connectivity index (χ0v) is 16.3. The van der Waals surface area contributed by atoms with E-state index in [0.29, 0.717) is 29.1 Å². The van der Waals surface area contributed by atoms with Crippen LogP contribution in [0.15, 0.2) is 24.3 Å². The molecular formula is C20H27N3O3. The number of hydrogen-bond donors (Lipinski definition) is 2. The van der Waals surface area contributed by atoms with Gasteiger partial charge in [-0.25, -0.2) is 4.79 Å². The van der Waals surface area contributed by atoms with Crippen LogP contribution in [-0.2, 0) is 4.74 Å². The summed E-state index contributed by atoms with van der Waals surface area (Å²) in [6, 6.07) is 8.33. The Kier molecular flexibility index (Phi) is 6.21. The first-order valence-corrected chi connectivity index (χ1v) is 8.55. The second-order valence-corrected chi connectivity index (χ2v) is 6.72. The molecule has 140 valence electrons. The van der Waals surface area contributed by atoms with Crippen molar-refractivity contribution in [2.45, 2.75) is 26.8 Å². The van der Waals surface area contributed by atoms with Gasteiger partial charge in [0.1, 0.15) is 5.69 Å². The molecule has 0 bridgehead atoms. The summed E-state index contributed by atoms with van der Waals surface area (Å²) >= 11 is 0. The van der Waals surface area contributed by atoms with Crippen LogP contribution in [0.2, 0.25) is 0 Å². The normalized spacial score (nSPS) is 12.1. The van der Waals surface area contributed by atoms with Gasteiger partial charge < -0.3 is 19.9 Å². The van der Waals surface area contributed by atoms with Crippen LogP contribution in [-0.4, -0.2) is 49.5 Å². The zero-order valence-electron chi connectivity index (χ0n) is 16.3. The standard InChI is InChI=1S/C20H27N3O3/c1-12-7-9-15(10-8-12)16(23(4)5)11-21-19(24)18-13(2)17(14(3)22-18)20(25)26-6/h7-10,16,22H,11H2,1-6H3,(H,21,24). The van der Waals surface area contributed by atoms with Crippen molar-refractivity contribution in [3.05, 3.63) is 57.9 Å². The summed E-state index contributed by atoms with van der Waals surface area (Å²) in [5, 5.41) is 2.97. The van der Waals surface area contributed by atoms with Crippen LogP contribution < -0.4 is 5.32 Å². The molecule has 0 radical (unpaired) electrons. The van der Waals surface area contributed by atoms with Crippen LogP contribution in [0.25, 0.3) is 0 Å². The van der Waals surface area contributed by atoms with E-state index in [1.54, 1.807) is 13.8 Å². The number of hydrogen-bond acceptors (Lipinski definition) is 4. The van der Waals surface area contributed by atoms with E-state index >= 15 is 0 Å². The number of amides is 1. The predicted octanol–water partition coefficient (Wildman–Crippen LogP) is 2.76. The third-order valence-electron chi connectivity index (χ3n) is 4.60. The number of aryl methyl sites for hydroxylation is 2. The Morgan fingerprint density at radius 1 is 1.15 bits per heavy atom. The Bertz CT molecular complexity index is 791. The van der Waals surface area contributed by atoms with E-state index in [1.165, 1.54) is 12.7 Å². The van der Waals surface area contributed by atoms with Crippen LogP contribution in [0.4, 0.5) is 0 Å². The van der Waals surface area contributed by atoms with Crippen LogP contribution in [0.5, 0.6) is 0 Å². The van der Waals surface area contributed by atoms with Gasteiger partial charge in [0.25, 0.3) is 5.91 Å². The molecule has 0 aliphatic rings. The largest absolute Gasteiger partial charge is 0.465 e. The molecular weight excluding hydrogens is 330 g/mol. The number of carbonyl (C=O) groups excluding carboxylic acids is 2. The van der Waals surface area contributed by atoms with E-state index in [9.17, 15) is 9.59 Å². The van der Waals surface area contributed by atoms with Crippen molar-refractivity contribution in [3.63, 3.8) is 0 Å². The number of rotatable bonds is 6. The van der Waals surface area contributed by atoms with E-state index in [2.05, 4.69) is 39.5 Å². The lowest BCUT2D eigenvalue weighted by Gasteiger charge is -2.25. The van der Waals surface area contributed by atoms with E-state index < -0.39 is 5.97 Å². The van der Waals surface area contributed by atoms with Gasteiger partial charge in [0.15, 0.2) is 0 Å². The highest BCUT2D eigenvalue weighted by Gasteiger charge is 2.23. The molecule has 2 aromatic rings. The number of esters is 1.